The second-order valence-corrected chi connectivity index (χ2v) is 4.29. The van der Waals surface area contributed by atoms with Crippen LogP contribution in [0.4, 0.5) is 0 Å². The first-order valence-electron chi connectivity index (χ1n) is 6.75. The van der Waals surface area contributed by atoms with E-state index in [1.807, 2.05) is 0 Å². The molecule has 4 N–H and O–H groups in total. The van der Waals surface area contributed by atoms with Crippen LogP contribution in [0.5, 0.6) is 0 Å². The van der Waals surface area contributed by atoms with Crippen LogP contribution in [0.2, 0.25) is 0 Å². The average Bonchev–Trinajstić information content (AvgIpc) is 2.29. The maximum absolute atomic E-state index is 9.57. The van der Waals surface area contributed by atoms with Crippen molar-refractivity contribution in [3.63, 3.8) is 0 Å². The summed E-state index contributed by atoms with van der Waals surface area (Å²) in [6.45, 7) is 8.35. The van der Waals surface area contributed by atoms with Crippen LogP contribution in [-0.2, 0) is 4.79 Å². The average molecular weight is 246 g/mol. The van der Waals surface area contributed by atoms with E-state index in [0.29, 0.717) is 0 Å². The topological polar surface area (TPSA) is 75.4 Å². The van der Waals surface area contributed by atoms with Crippen LogP contribution in [0.3, 0.4) is 0 Å². The summed E-state index contributed by atoms with van der Waals surface area (Å²) >= 11 is 0. The summed E-state index contributed by atoms with van der Waals surface area (Å²) in [5, 5.41) is 11.3. The van der Waals surface area contributed by atoms with Crippen molar-refractivity contribution < 1.29 is 9.90 Å². The van der Waals surface area contributed by atoms with E-state index >= 15 is 0 Å². The smallest absolute Gasteiger partial charge is 0.320 e. The van der Waals surface area contributed by atoms with Crippen molar-refractivity contribution in [2.75, 3.05) is 13.1 Å². The van der Waals surface area contributed by atoms with Gasteiger partial charge in [-0.1, -0.05) is 39.5 Å². The monoisotopic (exact) mass is 246 g/mol. The number of rotatable bonds is 9. The molecule has 0 fully saturated rings. The minimum absolute atomic E-state index is 0.731. The molecular weight excluding hydrogens is 216 g/mol. The lowest BCUT2D eigenvalue weighted by Crippen LogP contribution is -2.25. The summed E-state index contributed by atoms with van der Waals surface area (Å²) in [5.41, 5.74) is 4.84. The highest BCUT2D eigenvalue weighted by Gasteiger charge is 1.99. The summed E-state index contributed by atoms with van der Waals surface area (Å²) in [7, 11) is 0. The van der Waals surface area contributed by atoms with E-state index in [0.717, 1.165) is 0 Å². The van der Waals surface area contributed by atoms with Crippen molar-refractivity contribution in [2.45, 2.75) is 65.3 Å². The van der Waals surface area contributed by atoms with Crippen LogP contribution in [-0.4, -0.2) is 30.2 Å². The first-order chi connectivity index (χ1) is 8.06. The fraction of sp³-hybridized carbons (Fsp3) is 0.923. The van der Waals surface area contributed by atoms with E-state index in [1.165, 1.54) is 58.5 Å². The molecule has 0 aliphatic rings. The van der Waals surface area contributed by atoms with Gasteiger partial charge in [0.25, 0.3) is 0 Å². The van der Waals surface area contributed by atoms with Gasteiger partial charge in [-0.2, -0.15) is 0 Å². The van der Waals surface area contributed by atoms with Gasteiger partial charge in [0.1, 0.15) is 6.04 Å². The number of carboxylic acids is 1. The lowest BCUT2D eigenvalue weighted by Gasteiger charge is -2.02. The zero-order chi connectivity index (χ0) is 13.5. The van der Waals surface area contributed by atoms with E-state index in [4.69, 9.17) is 10.8 Å². The van der Waals surface area contributed by atoms with Crippen molar-refractivity contribution in [3.8, 4) is 0 Å². The second kappa shape index (κ2) is 15.4. The Bertz CT molecular complexity index is 153. The van der Waals surface area contributed by atoms with Gasteiger partial charge >= 0.3 is 5.97 Å². The SMILES string of the molecule is CC(N)C(=O)O.CCCCCNCCCCC. The largest absolute Gasteiger partial charge is 0.480 e. The molecule has 0 aromatic carbocycles. The fourth-order valence-corrected chi connectivity index (χ4v) is 1.12. The molecule has 104 valence electrons. The van der Waals surface area contributed by atoms with Gasteiger partial charge < -0.3 is 16.2 Å². The Balaban J connectivity index is 0. The molecule has 0 aliphatic carbocycles. The van der Waals surface area contributed by atoms with Crippen LogP contribution >= 0.6 is 0 Å². The molecule has 0 heterocycles. The second-order valence-electron chi connectivity index (χ2n) is 4.29. The Morgan fingerprint density at radius 3 is 1.71 bits per heavy atom. The molecule has 0 amide bonds. The minimum Gasteiger partial charge on any atom is -0.480 e. The van der Waals surface area contributed by atoms with Crippen LogP contribution in [0.15, 0.2) is 0 Å². The minimum atomic E-state index is -0.963. The molecule has 0 aromatic heterocycles. The number of carbonyl (C=O) groups is 1. The van der Waals surface area contributed by atoms with Gasteiger partial charge in [0, 0.05) is 0 Å². The Kier molecular flexibility index (Phi) is 17.0. The number of carboxylic acid groups (broad SMARTS) is 1. The Morgan fingerprint density at radius 2 is 1.47 bits per heavy atom. The van der Waals surface area contributed by atoms with Gasteiger partial charge in [-0.3, -0.25) is 4.79 Å². The van der Waals surface area contributed by atoms with Crippen molar-refractivity contribution >= 4 is 5.97 Å². The quantitative estimate of drug-likeness (QED) is 0.546. The van der Waals surface area contributed by atoms with E-state index < -0.39 is 12.0 Å². The molecule has 0 spiro atoms. The normalized spacial score (nSPS) is 11.5. The van der Waals surface area contributed by atoms with Crippen LogP contribution in [0.25, 0.3) is 0 Å². The maximum Gasteiger partial charge on any atom is 0.320 e. The summed E-state index contributed by atoms with van der Waals surface area (Å²) in [5.74, 6) is -0.963. The van der Waals surface area contributed by atoms with Crippen LogP contribution < -0.4 is 11.1 Å². The molecule has 0 saturated carbocycles. The number of nitrogens with one attached hydrogen (secondary N) is 1. The Morgan fingerprint density at radius 1 is 1.12 bits per heavy atom. The van der Waals surface area contributed by atoms with Crippen molar-refractivity contribution in [1.29, 1.82) is 0 Å². The van der Waals surface area contributed by atoms with Crippen LogP contribution in [0, 0.1) is 0 Å². The highest BCUT2D eigenvalue weighted by Crippen LogP contribution is 1.93. The fourth-order valence-electron chi connectivity index (χ4n) is 1.12. The number of aliphatic carboxylic acids is 1. The van der Waals surface area contributed by atoms with Gasteiger partial charge in [0.2, 0.25) is 0 Å². The van der Waals surface area contributed by atoms with Gasteiger partial charge in [-0.25, -0.2) is 0 Å². The highest BCUT2D eigenvalue weighted by molar-refractivity contribution is 5.72. The maximum atomic E-state index is 9.57. The molecule has 4 nitrogen and oxygen atoms in total. The summed E-state index contributed by atoms with van der Waals surface area (Å²) in [6, 6.07) is -0.731. The third-order valence-electron chi connectivity index (χ3n) is 2.30. The number of hydrogen-bond acceptors (Lipinski definition) is 3. The molecule has 0 aliphatic heterocycles. The summed E-state index contributed by atoms with van der Waals surface area (Å²) < 4.78 is 0. The molecule has 17 heavy (non-hydrogen) atoms. The number of unbranched alkanes of at least 4 members (excludes halogenated alkanes) is 4. The first kappa shape index (κ1) is 18.7. The number of nitrogens with two attached hydrogens (primary N) is 1. The van der Waals surface area contributed by atoms with Gasteiger partial charge in [-0.15, -0.1) is 0 Å². The predicted molar refractivity (Wildman–Crippen MR) is 73.2 cm³/mol. The zero-order valence-electron chi connectivity index (χ0n) is 11.7. The van der Waals surface area contributed by atoms with Crippen LogP contribution in [0.1, 0.15) is 59.3 Å². The van der Waals surface area contributed by atoms with E-state index in [9.17, 15) is 4.79 Å². The first-order valence-corrected chi connectivity index (χ1v) is 6.75. The van der Waals surface area contributed by atoms with E-state index in [-0.39, 0.29) is 0 Å². The third kappa shape index (κ3) is 21.3. The Hall–Kier alpha value is -0.610. The van der Waals surface area contributed by atoms with Gasteiger partial charge in [0.15, 0.2) is 0 Å². The van der Waals surface area contributed by atoms with Crippen molar-refractivity contribution in [2.24, 2.45) is 5.73 Å². The molecular formula is C13H30N2O2. The third-order valence-corrected chi connectivity index (χ3v) is 2.30. The van der Waals surface area contributed by atoms with Crippen molar-refractivity contribution in [1.82, 2.24) is 5.32 Å². The van der Waals surface area contributed by atoms with E-state index in [2.05, 4.69) is 19.2 Å². The lowest BCUT2D eigenvalue weighted by atomic mass is 10.2. The zero-order valence-corrected chi connectivity index (χ0v) is 11.7. The summed E-state index contributed by atoms with van der Waals surface area (Å²) in [4.78, 5) is 9.57. The van der Waals surface area contributed by atoms with Gasteiger partial charge in [0.05, 0.1) is 0 Å². The highest BCUT2D eigenvalue weighted by atomic mass is 16.4. The molecule has 0 bridgehead atoms. The van der Waals surface area contributed by atoms with Crippen molar-refractivity contribution in [3.05, 3.63) is 0 Å². The molecule has 1 atom stereocenters. The summed E-state index contributed by atoms with van der Waals surface area (Å²) in [6.07, 6.45) is 8.11. The Labute approximate surface area is 106 Å². The lowest BCUT2D eigenvalue weighted by molar-refractivity contribution is -0.138. The molecule has 0 rings (SSSR count). The molecule has 0 saturated heterocycles. The molecule has 1 unspecified atom stereocenters. The number of hydrogen-bond donors (Lipinski definition) is 3. The predicted octanol–water partition coefficient (Wildman–Crippen LogP) is 2.37. The molecule has 4 heteroatoms. The molecule has 0 aromatic rings. The standard InChI is InChI=1S/C10H23N.C3H7NO2/c1-3-5-7-9-11-10-8-6-4-2;1-2(4)3(5)6/h11H,3-10H2,1-2H3;2H,4H2,1H3,(H,5,6). The van der Waals surface area contributed by atoms with Gasteiger partial charge in [-0.05, 0) is 32.9 Å². The van der Waals surface area contributed by atoms with E-state index in [1.54, 1.807) is 0 Å². The molecule has 0 radical (unpaired) electrons.